The van der Waals surface area contributed by atoms with Gasteiger partial charge in [-0.25, -0.2) is 4.79 Å². The Morgan fingerprint density at radius 1 is 1.53 bits per heavy atom. The van der Waals surface area contributed by atoms with Gasteiger partial charge in [-0.1, -0.05) is 6.58 Å². The molecule has 0 heterocycles. The molecule has 0 aromatic heterocycles. The van der Waals surface area contributed by atoms with Gasteiger partial charge in [0.1, 0.15) is 0 Å². The summed E-state index contributed by atoms with van der Waals surface area (Å²) in [5.41, 5.74) is -0.368. The molecule has 0 aliphatic rings. The first-order chi connectivity index (χ1) is 6.76. The van der Waals surface area contributed by atoms with E-state index in [1.54, 1.807) is 20.8 Å². The molecule has 0 aliphatic carbocycles. The van der Waals surface area contributed by atoms with Crippen LogP contribution in [0.5, 0.6) is 0 Å². The van der Waals surface area contributed by atoms with E-state index in [0.29, 0.717) is 25.3 Å². The van der Waals surface area contributed by atoms with Gasteiger partial charge in [0, 0.05) is 18.7 Å². The maximum absolute atomic E-state index is 11.2. The van der Waals surface area contributed by atoms with Crippen LogP contribution in [0.2, 0.25) is 0 Å². The maximum atomic E-state index is 11.2. The fourth-order valence-corrected chi connectivity index (χ4v) is 1.34. The average Bonchev–Trinajstić information content (AvgIpc) is 2.00. The number of ether oxygens (including phenoxy) is 1. The highest BCUT2D eigenvalue weighted by atomic mass is 16.5. The first kappa shape index (κ1) is 14.1. The number of likely N-dealkylation sites (N-methyl/N-ethyl adjacent to an activating group) is 1. The van der Waals surface area contributed by atoms with Crippen molar-refractivity contribution < 1.29 is 14.6 Å². The minimum Gasteiger partial charge on any atom is -0.463 e. The van der Waals surface area contributed by atoms with E-state index in [2.05, 4.69) is 6.58 Å². The molecule has 0 saturated heterocycles. The highest BCUT2D eigenvalue weighted by Gasteiger charge is 2.17. The van der Waals surface area contributed by atoms with E-state index < -0.39 is 5.60 Å². The maximum Gasteiger partial charge on any atom is 0.334 e. The quantitative estimate of drug-likeness (QED) is 0.526. The van der Waals surface area contributed by atoms with E-state index >= 15 is 0 Å². The van der Waals surface area contributed by atoms with Gasteiger partial charge >= 0.3 is 5.97 Å². The van der Waals surface area contributed by atoms with Crippen LogP contribution in [0.4, 0.5) is 0 Å². The van der Waals surface area contributed by atoms with Crippen molar-refractivity contribution in [2.24, 2.45) is 0 Å². The monoisotopic (exact) mass is 215 g/mol. The lowest BCUT2D eigenvalue weighted by Crippen LogP contribution is -2.37. The van der Waals surface area contributed by atoms with Gasteiger partial charge in [0.25, 0.3) is 0 Å². The van der Waals surface area contributed by atoms with Crippen LogP contribution >= 0.6 is 0 Å². The van der Waals surface area contributed by atoms with Crippen LogP contribution in [0.3, 0.4) is 0 Å². The van der Waals surface area contributed by atoms with Crippen molar-refractivity contribution in [1.82, 2.24) is 4.90 Å². The number of nitrogens with zero attached hydrogens (tertiary/aromatic N) is 1. The molecule has 4 heteroatoms. The highest BCUT2D eigenvalue weighted by Crippen LogP contribution is 2.05. The van der Waals surface area contributed by atoms with Crippen LogP contribution in [-0.4, -0.2) is 48.3 Å². The predicted molar refractivity (Wildman–Crippen MR) is 59.6 cm³/mol. The van der Waals surface area contributed by atoms with E-state index in [4.69, 9.17) is 4.74 Å². The van der Waals surface area contributed by atoms with Gasteiger partial charge < -0.3 is 9.84 Å². The molecule has 0 saturated carbocycles. The van der Waals surface area contributed by atoms with Crippen LogP contribution < -0.4 is 0 Å². The second-order valence-corrected chi connectivity index (χ2v) is 4.31. The Balaban J connectivity index is 4.02. The number of rotatable bonds is 6. The van der Waals surface area contributed by atoms with Crippen LogP contribution in [0.25, 0.3) is 0 Å². The molecule has 0 atom stereocenters. The van der Waals surface area contributed by atoms with Crippen molar-refractivity contribution in [2.75, 3.05) is 26.7 Å². The number of esters is 1. The van der Waals surface area contributed by atoms with Gasteiger partial charge in [-0.3, -0.25) is 4.90 Å². The van der Waals surface area contributed by atoms with E-state index in [0.717, 1.165) is 0 Å². The van der Waals surface area contributed by atoms with Gasteiger partial charge in [-0.15, -0.1) is 0 Å². The molecule has 1 N–H and O–H groups in total. The molecule has 0 aromatic carbocycles. The summed E-state index contributed by atoms with van der Waals surface area (Å²) < 4.78 is 4.81. The zero-order chi connectivity index (χ0) is 12.1. The molecule has 4 nitrogen and oxygen atoms in total. The molecule has 0 rings (SSSR count). The molecule has 0 spiro atoms. The van der Waals surface area contributed by atoms with Crippen LogP contribution in [0.15, 0.2) is 12.2 Å². The van der Waals surface area contributed by atoms with Crippen molar-refractivity contribution in [2.45, 2.75) is 26.4 Å². The summed E-state index contributed by atoms with van der Waals surface area (Å²) in [5, 5.41) is 9.56. The summed E-state index contributed by atoms with van der Waals surface area (Å²) in [7, 11) is 1.82. The summed E-state index contributed by atoms with van der Waals surface area (Å²) in [4.78, 5) is 13.1. The van der Waals surface area contributed by atoms with Crippen molar-refractivity contribution in [1.29, 1.82) is 0 Å². The predicted octanol–water partition coefficient (Wildman–Crippen LogP) is 0.808. The van der Waals surface area contributed by atoms with E-state index in [1.807, 2.05) is 11.9 Å². The molecule has 0 amide bonds. The van der Waals surface area contributed by atoms with Gasteiger partial charge in [0.15, 0.2) is 0 Å². The first-order valence-corrected chi connectivity index (χ1v) is 5.02. The number of hydrogen-bond donors (Lipinski definition) is 1. The largest absolute Gasteiger partial charge is 0.463 e. The lowest BCUT2D eigenvalue weighted by atomic mass is 10.1. The number of carbonyl (C=O) groups is 1. The topological polar surface area (TPSA) is 49.8 Å². The Morgan fingerprint density at radius 2 is 2.07 bits per heavy atom. The average molecular weight is 215 g/mol. The summed E-state index contributed by atoms with van der Waals surface area (Å²) in [6.45, 7) is 10.1. The molecular weight excluding hydrogens is 194 g/mol. The van der Waals surface area contributed by atoms with Gasteiger partial charge in [-0.2, -0.15) is 0 Å². The smallest absolute Gasteiger partial charge is 0.334 e. The Bertz CT molecular complexity index is 230. The minimum absolute atomic E-state index is 0.354. The normalized spacial score (nSPS) is 11.6. The number of hydrogen-bond acceptors (Lipinski definition) is 4. The van der Waals surface area contributed by atoms with Crippen LogP contribution in [0.1, 0.15) is 20.8 Å². The highest BCUT2D eigenvalue weighted by molar-refractivity contribution is 5.88. The zero-order valence-corrected chi connectivity index (χ0v) is 10.0. The lowest BCUT2D eigenvalue weighted by Gasteiger charge is -2.25. The van der Waals surface area contributed by atoms with Crippen LogP contribution in [-0.2, 0) is 9.53 Å². The van der Waals surface area contributed by atoms with E-state index in [1.165, 1.54) is 0 Å². The molecule has 0 aromatic rings. The molecule has 0 bridgehead atoms. The Hall–Kier alpha value is -0.870. The first-order valence-electron chi connectivity index (χ1n) is 5.02. The molecule has 88 valence electrons. The molecule has 15 heavy (non-hydrogen) atoms. The SMILES string of the molecule is C=C(CN(C)CC(C)(C)O)C(=O)OCC. The summed E-state index contributed by atoms with van der Waals surface area (Å²) in [6.07, 6.45) is 0. The third kappa shape index (κ3) is 7.11. The zero-order valence-electron chi connectivity index (χ0n) is 10.0. The van der Waals surface area contributed by atoms with E-state index in [-0.39, 0.29) is 5.97 Å². The second kappa shape index (κ2) is 5.88. The lowest BCUT2D eigenvalue weighted by molar-refractivity contribution is -0.138. The Kier molecular flexibility index (Phi) is 5.54. The fraction of sp³-hybridized carbons (Fsp3) is 0.727. The Labute approximate surface area is 91.5 Å². The summed E-state index contributed by atoms with van der Waals surface area (Å²) in [5.74, 6) is -0.375. The molecule has 0 radical (unpaired) electrons. The van der Waals surface area contributed by atoms with Gasteiger partial charge in [-0.05, 0) is 27.8 Å². The Morgan fingerprint density at radius 3 is 2.47 bits per heavy atom. The number of aliphatic hydroxyl groups is 1. The van der Waals surface area contributed by atoms with E-state index in [9.17, 15) is 9.90 Å². The third-order valence-corrected chi connectivity index (χ3v) is 1.68. The van der Waals surface area contributed by atoms with Crippen molar-refractivity contribution >= 4 is 5.97 Å². The minimum atomic E-state index is -0.774. The third-order valence-electron chi connectivity index (χ3n) is 1.68. The second-order valence-electron chi connectivity index (χ2n) is 4.31. The number of carbonyl (C=O) groups excluding carboxylic acids is 1. The standard InChI is InChI=1S/C11H21NO3/c1-6-15-10(13)9(2)7-12(5)8-11(3,4)14/h14H,2,6-8H2,1,3-5H3. The van der Waals surface area contributed by atoms with Gasteiger partial charge in [0.2, 0.25) is 0 Å². The van der Waals surface area contributed by atoms with Crippen molar-refractivity contribution in [3.8, 4) is 0 Å². The molecule has 0 fully saturated rings. The van der Waals surface area contributed by atoms with Crippen molar-refractivity contribution in [3.63, 3.8) is 0 Å². The fourth-order valence-electron chi connectivity index (χ4n) is 1.34. The van der Waals surface area contributed by atoms with Crippen LogP contribution in [0, 0.1) is 0 Å². The molecule has 0 unspecified atom stereocenters. The van der Waals surface area contributed by atoms with Gasteiger partial charge in [0.05, 0.1) is 12.2 Å². The molecule has 0 aliphatic heterocycles. The summed E-state index contributed by atoms with van der Waals surface area (Å²) in [6, 6.07) is 0. The summed E-state index contributed by atoms with van der Waals surface area (Å²) >= 11 is 0. The molecular formula is C11H21NO3. The van der Waals surface area contributed by atoms with Crippen molar-refractivity contribution in [3.05, 3.63) is 12.2 Å².